The second kappa shape index (κ2) is 11.3. The number of nitrogens with zero attached hydrogens (tertiary/aromatic N) is 1. The zero-order valence-corrected chi connectivity index (χ0v) is 20.7. The molecule has 0 atom stereocenters. The number of halogens is 1. The Kier molecular flexibility index (Phi) is 8.23. The van der Waals surface area contributed by atoms with Crippen molar-refractivity contribution in [1.29, 1.82) is 5.26 Å². The normalized spacial score (nSPS) is 10.9. The third kappa shape index (κ3) is 6.80. The van der Waals surface area contributed by atoms with Crippen LogP contribution in [0.3, 0.4) is 0 Å². The van der Waals surface area contributed by atoms with E-state index in [4.69, 9.17) is 4.74 Å². The van der Waals surface area contributed by atoms with Gasteiger partial charge in [-0.1, -0.05) is 51.3 Å². The van der Waals surface area contributed by atoms with Gasteiger partial charge < -0.3 is 15.4 Å². The molecule has 0 fully saturated rings. The van der Waals surface area contributed by atoms with Crippen molar-refractivity contribution in [3.05, 3.63) is 93.0 Å². The van der Waals surface area contributed by atoms with Crippen LogP contribution < -0.4 is 15.4 Å². The molecule has 2 amide bonds. The summed E-state index contributed by atoms with van der Waals surface area (Å²) in [6.45, 7) is 5.59. The molecule has 0 aliphatic carbocycles. The Labute approximate surface area is 207 Å². The number of benzene rings is 3. The molecule has 0 spiro atoms. The van der Waals surface area contributed by atoms with E-state index in [9.17, 15) is 14.9 Å². The van der Waals surface area contributed by atoms with Gasteiger partial charge in [0.2, 0.25) is 0 Å². The number of amides is 2. The van der Waals surface area contributed by atoms with Crippen molar-refractivity contribution >= 4 is 45.2 Å². The third-order valence-electron chi connectivity index (χ3n) is 4.96. The van der Waals surface area contributed by atoms with E-state index in [0.29, 0.717) is 22.7 Å². The molecule has 0 saturated heterocycles. The van der Waals surface area contributed by atoms with Crippen LogP contribution in [0.2, 0.25) is 0 Å². The maximum absolute atomic E-state index is 12.8. The number of carbonyl (C=O) groups is 2. The molecule has 3 aromatic carbocycles. The second-order valence-corrected chi connectivity index (χ2v) is 8.74. The van der Waals surface area contributed by atoms with Crippen LogP contribution in [-0.4, -0.2) is 18.4 Å². The maximum atomic E-state index is 12.8. The number of aryl methyl sites for hydroxylation is 3. The molecule has 0 radical (unpaired) electrons. The number of carbonyl (C=O) groups excluding carboxylic acids is 2. The minimum absolute atomic E-state index is 0.0907. The van der Waals surface area contributed by atoms with Gasteiger partial charge in [-0.05, 0) is 68.8 Å². The fourth-order valence-electron chi connectivity index (χ4n) is 3.19. The third-order valence-corrected chi connectivity index (χ3v) is 5.45. The summed E-state index contributed by atoms with van der Waals surface area (Å²) in [5, 5.41) is 15.2. The molecular weight excluding hydrogens is 494 g/mol. The van der Waals surface area contributed by atoms with Crippen molar-refractivity contribution in [3.63, 3.8) is 0 Å². The van der Waals surface area contributed by atoms with E-state index >= 15 is 0 Å². The molecule has 6 nitrogen and oxygen atoms in total. The predicted molar refractivity (Wildman–Crippen MR) is 138 cm³/mol. The van der Waals surface area contributed by atoms with Gasteiger partial charge in [0.15, 0.2) is 6.61 Å². The number of hydrogen-bond acceptors (Lipinski definition) is 4. The Hall–Kier alpha value is -3.89. The molecule has 2 N–H and O–H groups in total. The topological polar surface area (TPSA) is 91.2 Å². The summed E-state index contributed by atoms with van der Waals surface area (Å²) >= 11 is 3.40. The summed E-state index contributed by atoms with van der Waals surface area (Å²) in [5.41, 5.74) is 4.78. The highest BCUT2D eigenvalue weighted by molar-refractivity contribution is 9.10. The van der Waals surface area contributed by atoms with E-state index in [1.165, 1.54) is 6.08 Å². The van der Waals surface area contributed by atoms with Crippen molar-refractivity contribution in [2.75, 3.05) is 17.2 Å². The Bertz CT molecular complexity index is 1290. The molecule has 3 rings (SSSR count). The summed E-state index contributed by atoms with van der Waals surface area (Å²) < 4.78 is 6.45. The molecule has 0 saturated carbocycles. The van der Waals surface area contributed by atoms with E-state index in [1.807, 2.05) is 63.2 Å². The molecule has 0 aliphatic rings. The predicted octanol–water partition coefficient (Wildman–Crippen LogP) is 5.94. The molecular formula is C27H24BrN3O3. The van der Waals surface area contributed by atoms with E-state index in [2.05, 4.69) is 26.6 Å². The smallest absolute Gasteiger partial charge is 0.266 e. The first-order chi connectivity index (χ1) is 16.2. The maximum Gasteiger partial charge on any atom is 0.266 e. The summed E-state index contributed by atoms with van der Waals surface area (Å²) in [4.78, 5) is 25.1. The first-order valence-corrected chi connectivity index (χ1v) is 11.3. The number of nitrogens with one attached hydrogen (secondary N) is 2. The quantitative estimate of drug-likeness (QED) is 0.299. The zero-order chi connectivity index (χ0) is 24.7. The monoisotopic (exact) mass is 517 g/mol. The van der Waals surface area contributed by atoms with E-state index in [1.54, 1.807) is 24.3 Å². The Morgan fingerprint density at radius 3 is 2.35 bits per heavy atom. The van der Waals surface area contributed by atoms with Gasteiger partial charge in [-0.2, -0.15) is 5.26 Å². The highest BCUT2D eigenvalue weighted by Gasteiger charge is 2.14. The van der Waals surface area contributed by atoms with Crippen LogP contribution in [0.1, 0.15) is 22.3 Å². The average molecular weight is 518 g/mol. The Balaban J connectivity index is 1.75. The zero-order valence-electron chi connectivity index (χ0n) is 19.1. The highest BCUT2D eigenvalue weighted by atomic mass is 79.9. The van der Waals surface area contributed by atoms with E-state index < -0.39 is 5.91 Å². The first-order valence-electron chi connectivity index (χ1n) is 10.5. The number of rotatable bonds is 7. The lowest BCUT2D eigenvalue weighted by molar-refractivity contribution is -0.118. The summed E-state index contributed by atoms with van der Waals surface area (Å²) in [5.74, 6) is -0.485. The Morgan fingerprint density at radius 2 is 1.68 bits per heavy atom. The lowest BCUT2D eigenvalue weighted by Crippen LogP contribution is -2.20. The van der Waals surface area contributed by atoms with E-state index in [0.717, 1.165) is 21.2 Å². The van der Waals surface area contributed by atoms with Crippen LogP contribution >= 0.6 is 15.9 Å². The molecule has 0 unspecified atom stereocenters. The van der Waals surface area contributed by atoms with Gasteiger partial charge in [0.1, 0.15) is 17.4 Å². The largest absolute Gasteiger partial charge is 0.483 e. The standard InChI is InChI=1S/C27H24BrN3O3/c1-17-4-8-23(9-5-17)30-26(32)16-34-25-11-7-22(28)14-20(25)13-21(15-29)27(33)31-24-10-6-18(2)12-19(24)3/h4-14H,16H2,1-3H3,(H,30,32)(H,31,33)/b21-13+. The molecule has 0 aromatic heterocycles. The highest BCUT2D eigenvalue weighted by Crippen LogP contribution is 2.26. The first kappa shape index (κ1) is 24.7. The van der Waals surface area contributed by atoms with Crippen molar-refractivity contribution in [2.24, 2.45) is 0 Å². The minimum atomic E-state index is -0.530. The summed E-state index contributed by atoms with van der Waals surface area (Å²) in [6.07, 6.45) is 1.44. The van der Waals surface area contributed by atoms with Crippen LogP contribution in [-0.2, 0) is 9.59 Å². The van der Waals surface area contributed by atoms with Crippen molar-refractivity contribution < 1.29 is 14.3 Å². The van der Waals surface area contributed by atoms with Crippen LogP contribution in [0.15, 0.2) is 70.7 Å². The fraction of sp³-hybridized carbons (Fsp3) is 0.148. The molecule has 34 heavy (non-hydrogen) atoms. The molecule has 7 heteroatoms. The Morgan fingerprint density at radius 1 is 0.971 bits per heavy atom. The van der Waals surface area contributed by atoms with Gasteiger partial charge in [-0.15, -0.1) is 0 Å². The van der Waals surface area contributed by atoms with Crippen LogP contribution in [0, 0.1) is 32.1 Å². The minimum Gasteiger partial charge on any atom is -0.483 e. The van der Waals surface area contributed by atoms with Gasteiger partial charge in [-0.25, -0.2) is 0 Å². The molecule has 172 valence electrons. The summed E-state index contributed by atoms with van der Waals surface area (Å²) in [7, 11) is 0. The molecule has 0 heterocycles. The van der Waals surface area contributed by atoms with Gasteiger partial charge in [0.25, 0.3) is 11.8 Å². The second-order valence-electron chi connectivity index (χ2n) is 7.83. The van der Waals surface area contributed by atoms with Crippen molar-refractivity contribution in [3.8, 4) is 11.8 Å². The van der Waals surface area contributed by atoms with Crippen LogP contribution in [0.25, 0.3) is 6.08 Å². The SMILES string of the molecule is Cc1ccc(NC(=O)COc2ccc(Br)cc2/C=C(\C#N)C(=O)Nc2ccc(C)cc2C)cc1. The van der Waals surface area contributed by atoms with Crippen molar-refractivity contribution in [2.45, 2.75) is 20.8 Å². The lowest BCUT2D eigenvalue weighted by atomic mass is 10.1. The van der Waals surface area contributed by atoms with Gasteiger partial charge in [0, 0.05) is 21.4 Å². The number of hydrogen-bond donors (Lipinski definition) is 2. The number of nitriles is 1. The van der Waals surface area contributed by atoms with Crippen LogP contribution in [0.4, 0.5) is 11.4 Å². The average Bonchev–Trinajstić information content (AvgIpc) is 2.80. The van der Waals surface area contributed by atoms with Crippen LogP contribution in [0.5, 0.6) is 5.75 Å². The molecule has 0 bridgehead atoms. The molecule has 0 aliphatic heterocycles. The number of ether oxygens (including phenoxy) is 1. The molecule has 3 aromatic rings. The van der Waals surface area contributed by atoms with E-state index in [-0.39, 0.29) is 18.1 Å². The van der Waals surface area contributed by atoms with Gasteiger partial charge in [0.05, 0.1) is 0 Å². The van der Waals surface area contributed by atoms with Gasteiger partial charge in [-0.3, -0.25) is 9.59 Å². The van der Waals surface area contributed by atoms with Gasteiger partial charge >= 0.3 is 0 Å². The fourth-order valence-corrected chi connectivity index (χ4v) is 3.57. The lowest BCUT2D eigenvalue weighted by Gasteiger charge is -2.12. The summed E-state index contributed by atoms with van der Waals surface area (Å²) in [6, 6.07) is 20.2. The van der Waals surface area contributed by atoms with Crippen molar-refractivity contribution in [1.82, 2.24) is 0 Å². The number of anilines is 2.